The van der Waals surface area contributed by atoms with Crippen LogP contribution >= 0.6 is 11.3 Å². The molecule has 0 unspecified atom stereocenters. The Morgan fingerprint density at radius 1 is 1.05 bits per heavy atom. The van der Waals surface area contributed by atoms with Gasteiger partial charge in [0.2, 0.25) is 0 Å². The van der Waals surface area contributed by atoms with Crippen LogP contribution in [-0.2, 0) is 16.1 Å². The fourth-order valence-corrected chi connectivity index (χ4v) is 5.23. The molecule has 1 N–H and O–H groups in total. The van der Waals surface area contributed by atoms with Crippen molar-refractivity contribution in [3.8, 4) is 17.0 Å². The van der Waals surface area contributed by atoms with Crippen LogP contribution in [0.3, 0.4) is 0 Å². The lowest BCUT2D eigenvalue weighted by atomic mass is 9.94. The van der Waals surface area contributed by atoms with Crippen LogP contribution in [0.5, 0.6) is 5.75 Å². The molecule has 1 fully saturated rings. The van der Waals surface area contributed by atoms with Crippen LogP contribution in [0.2, 0.25) is 0 Å². The molecule has 3 aromatic carbocycles. The normalized spacial score (nSPS) is 16.6. The highest BCUT2D eigenvalue weighted by Gasteiger charge is 2.46. The second-order valence-corrected chi connectivity index (χ2v) is 9.90. The first kappa shape index (κ1) is 25.2. The Morgan fingerprint density at radius 2 is 1.76 bits per heavy atom. The molecule has 1 saturated heterocycles. The van der Waals surface area contributed by atoms with E-state index in [1.165, 1.54) is 16.2 Å². The number of nitrogens with zero attached hydrogens (tertiary/aromatic N) is 2. The molecule has 0 spiro atoms. The molecule has 7 heteroatoms. The Balaban J connectivity index is 1.53. The summed E-state index contributed by atoms with van der Waals surface area (Å²) in [5, 5.41) is 14.0. The summed E-state index contributed by atoms with van der Waals surface area (Å²) in [6, 6.07) is 23.4. The van der Waals surface area contributed by atoms with Crippen LogP contribution in [0.25, 0.3) is 17.0 Å². The van der Waals surface area contributed by atoms with Crippen molar-refractivity contribution in [2.45, 2.75) is 19.5 Å². The third kappa shape index (κ3) is 5.01. The molecule has 190 valence electrons. The molecule has 5 rings (SSSR count). The van der Waals surface area contributed by atoms with E-state index in [0.717, 1.165) is 22.4 Å². The molecule has 0 bridgehead atoms. The number of hydrogen-bond acceptors (Lipinski definition) is 6. The number of aryl methyl sites for hydroxylation is 1. The zero-order chi connectivity index (χ0) is 26.6. The predicted octanol–water partition coefficient (Wildman–Crippen LogP) is 6.31. The summed E-state index contributed by atoms with van der Waals surface area (Å²) in [6.45, 7) is 6.10. The lowest BCUT2D eigenvalue weighted by Gasteiger charge is -2.24. The SMILES string of the molecule is C=CCOc1ccc(C(O)=C2C(=O)C(=O)N(Cc3nc(-c4ccccc4)cs3)[C@H]2c2ccc(C)cc2)cc1. The summed E-state index contributed by atoms with van der Waals surface area (Å²) in [4.78, 5) is 32.9. The van der Waals surface area contributed by atoms with E-state index in [4.69, 9.17) is 9.72 Å². The first-order valence-electron chi connectivity index (χ1n) is 12.1. The average Bonchev–Trinajstić information content (AvgIpc) is 3.51. The number of Topliss-reactive ketones (excluding diaryl/α,β-unsaturated/α-hetero) is 1. The Labute approximate surface area is 225 Å². The van der Waals surface area contributed by atoms with Gasteiger partial charge in [-0.1, -0.05) is 72.8 Å². The minimum Gasteiger partial charge on any atom is -0.507 e. The van der Waals surface area contributed by atoms with Crippen LogP contribution in [0.1, 0.15) is 27.7 Å². The zero-order valence-corrected chi connectivity index (χ0v) is 21.7. The average molecular weight is 523 g/mol. The molecule has 1 aliphatic rings. The van der Waals surface area contributed by atoms with Gasteiger partial charge in [-0.05, 0) is 36.8 Å². The van der Waals surface area contributed by atoms with Crippen molar-refractivity contribution in [2.24, 2.45) is 0 Å². The third-order valence-electron chi connectivity index (χ3n) is 6.36. The first-order valence-corrected chi connectivity index (χ1v) is 13.0. The van der Waals surface area contributed by atoms with Gasteiger partial charge < -0.3 is 14.7 Å². The van der Waals surface area contributed by atoms with Gasteiger partial charge >= 0.3 is 0 Å². The van der Waals surface area contributed by atoms with Gasteiger partial charge in [-0.3, -0.25) is 9.59 Å². The number of likely N-dealkylation sites (tertiary alicyclic amines) is 1. The summed E-state index contributed by atoms with van der Waals surface area (Å²) in [6.07, 6.45) is 1.64. The lowest BCUT2D eigenvalue weighted by molar-refractivity contribution is -0.140. The molecule has 6 nitrogen and oxygen atoms in total. The number of hydrogen-bond donors (Lipinski definition) is 1. The molecule has 0 radical (unpaired) electrons. The van der Waals surface area contributed by atoms with Gasteiger partial charge in [-0.2, -0.15) is 0 Å². The minimum absolute atomic E-state index is 0.0541. The van der Waals surface area contributed by atoms with Crippen LogP contribution in [0.4, 0.5) is 0 Å². The molecular weight excluding hydrogens is 496 g/mol. The second-order valence-electron chi connectivity index (χ2n) is 8.95. The van der Waals surface area contributed by atoms with Crippen LogP contribution in [0.15, 0.2) is 102 Å². The molecule has 1 aromatic heterocycles. The van der Waals surface area contributed by atoms with Crippen molar-refractivity contribution in [3.63, 3.8) is 0 Å². The molecule has 1 aliphatic heterocycles. The van der Waals surface area contributed by atoms with Gasteiger partial charge in [-0.25, -0.2) is 4.98 Å². The van der Waals surface area contributed by atoms with E-state index >= 15 is 0 Å². The highest BCUT2D eigenvalue weighted by molar-refractivity contribution is 7.09. The quantitative estimate of drug-likeness (QED) is 0.127. The van der Waals surface area contributed by atoms with Crippen molar-refractivity contribution in [2.75, 3.05) is 6.61 Å². The zero-order valence-electron chi connectivity index (χ0n) is 20.8. The van der Waals surface area contributed by atoms with E-state index in [1.54, 1.807) is 30.3 Å². The summed E-state index contributed by atoms with van der Waals surface area (Å²) in [5.41, 5.74) is 4.06. The maximum Gasteiger partial charge on any atom is 0.296 e. The van der Waals surface area contributed by atoms with Gasteiger partial charge in [0, 0.05) is 16.5 Å². The first-order chi connectivity index (χ1) is 18.5. The number of rotatable bonds is 8. The maximum atomic E-state index is 13.3. The van der Waals surface area contributed by atoms with Gasteiger partial charge in [0.1, 0.15) is 23.1 Å². The van der Waals surface area contributed by atoms with Gasteiger partial charge in [-0.15, -0.1) is 11.3 Å². The molecule has 1 atom stereocenters. The van der Waals surface area contributed by atoms with E-state index in [1.807, 2.05) is 66.9 Å². The number of aromatic nitrogens is 1. The van der Waals surface area contributed by atoms with Crippen molar-refractivity contribution >= 4 is 28.8 Å². The monoisotopic (exact) mass is 522 g/mol. The lowest BCUT2D eigenvalue weighted by Crippen LogP contribution is -2.29. The third-order valence-corrected chi connectivity index (χ3v) is 7.19. The highest BCUT2D eigenvalue weighted by Crippen LogP contribution is 2.41. The van der Waals surface area contributed by atoms with Gasteiger partial charge in [0.25, 0.3) is 11.7 Å². The Hall–Kier alpha value is -4.49. The van der Waals surface area contributed by atoms with Crippen LogP contribution in [0, 0.1) is 6.92 Å². The van der Waals surface area contributed by atoms with Crippen molar-refractivity contribution in [1.82, 2.24) is 9.88 Å². The van der Waals surface area contributed by atoms with Crippen molar-refractivity contribution < 1.29 is 19.4 Å². The molecule has 2 heterocycles. The summed E-state index contributed by atoms with van der Waals surface area (Å²) < 4.78 is 5.52. The van der Waals surface area contributed by atoms with Crippen molar-refractivity contribution in [1.29, 1.82) is 0 Å². The number of aliphatic hydroxyl groups excluding tert-OH is 1. The number of aliphatic hydroxyl groups is 1. The number of thiazole rings is 1. The maximum absolute atomic E-state index is 13.3. The largest absolute Gasteiger partial charge is 0.507 e. The number of benzene rings is 3. The fourth-order valence-electron chi connectivity index (χ4n) is 4.43. The smallest absolute Gasteiger partial charge is 0.296 e. The summed E-state index contributed by atoms with van der Waals surface area (Å²) in [5.74, 6) is -1.01. The van der Waals surface area contributed by atoms with E-state index in [9.17, 15) is 14.7 Å². The topological polar surface area (TPSA) is 79.7 Å². The van der Waals surface area contributed by atoms with Crippen molar-refractivity contribution in [3.05, 3.63) is 124 Å². The van der Waals surface area contributed by atoms with Crippen LogP contribution in [-0.4, -0.2) is 33.3 Å². The van der Waals surface area contributed by atoms with E-state index in [0.29, 0.717) is 22.9 Å². The molecular formula is C31H26N2O4S. The molecule has 4 aromatic rings. The second kappa shape index (κ2) is 10.9. The summed E-state index contributed by atoms with van der Waals surface area (Å²) >= 11 is 1.43. The van der Waals surface area contributed by atoms with E-state index in [2.05, 4.69) is 6.58 Å². The number of ketones is 1. The van der Waals surface area contributed by atoms with E-state index in [-0.39, 0.29) is 17.9 Å². The molecule has 38 heavy (non-hydrogen) atoms. The minimum atomic E-state index is -0.753. The van der Waals surface area contributed by atoms with Gasteiger partial charge in [0.05, 0.1) is 23.9 Å². The molecule has 0 saturated carbocycles. The number of ether oxygens (including phenoxy) is 1. The van der Waals surface area contributed by atoms with E-state index < -0.39 is 17.7 Å². The molecule has 0 aliphatic carbocycles. The van der Waals surface area contributed by atoms with Gasteiger partial charge in [0.15, 0.2) is 0 Å². The summed E-state index contributed by atoms with van der Waals surface area (Å²) in [7, 11) is 0. The Kier molecular flexibility index (Phi) is 7.20. The predicted molar refractivity (Wildman–Crippen MR) is 149 cm³/mol. The highest BCUT2D eigenvalue weighted by atomic mass is 32.1. The fraction of sp³-hybridized carbons (Fsp3) is 0.129. The number of amides is 1. The Bertz CT molecular complexity index is 1510. The molecule has 1 amide bonds. The van der Waals surface area contributed by atoms with Crippen LogP contribution < -0.4 is 4.74 Å². The number of carbonyl (C=O) groups is 2. The Morgan fingerprint density at radius 3 is 2.45 bits per heavy atom. The number of carbonyl (C=O) groups excluding carboxylic acids is 2. The standard InChI is InChI=1S/C31H26N2O4S/c1-3-17-37-24-15-13-23(14-16-24)29(34)27-28(22-11-9-20(2)10-12-22)33(31(36)30(27)35)18-26-32-25(19-38-26)21-7-5-4-6-8-21/h3-16,19,28,34H,1,17-18H2,2H3/t28-/m0/s1.